The number of halogens is 1. The van der Waals surface area contributed by atoms with Gasteiger partial charge in [-0.2, -0.15) is 0 Å². The highest BCUT2D eigenvalue weighted by Crippen LogP contribution is 2.23. The molecule has 0 radical (unpaired) electrons. The summed E-state index contributed by atoms with van der Waals surface area (Å²) in [7, 11) is 0. The maximum atomic E-state index is 12.1. The molecule has 2 N–H and O–H groups in total. The average Bonchev–Trinajstić information content (AvgIpc) is 2.64. The van der Waals surface area contributed by atoms with Crippen LogP contribution in [0.15, 0.2) is 0 Å². The Kier molecular flexibility index (Phi) is 6.01. The van der Waals surface area contributed by atoms with E-state index in [0.717, 1.165) is 18.2 Å². The number of unbranched alkanes of at least 4 members (excludes halogenated alkanes) is 1. The Morgan fingerprint density at radius 1 is 1.29 bits per heavy atom. The summed E-state index contributed by atoms with van der Waals surface area (Å²) in [6, 6.07) is 0. The predicted molar refractivity (Wildman–Crippen MR) is 84.4 cm³/mol. The first-order valence-corrected chi connectivity index (χ1v) is 8.03. The molecular formula is C15H22BrNO4. The van der Waals surface area contributed by atoms with Crippen molar-refractivity contribution < 1.29 is 19.4 Å². The number of aryl methyl sites for hydroxylation is 1. The van der Waals surface area contributed by atoms with Crippen molar-refractivity contribution >= 4 is 27.9 Å². The average molecular weight is 360 g/mol. The normalized spacial score (nSPS) is 11.5. The molecule has 0 fully saturated rings. The Labute approximate surface area is 133 Å². The summed E-state index contributed by atoms with van der Waals surface area (Å²) in [4.78, 5) is 26.5. The van der Waals surface area contributed by atoms with Gasteiger partial charge in [0, 0.05) is 11.0 Å². The molecular weight excluding hydrogens is 338 g/mol. The van der Waals surface area contributed by atoms with Gasteiger partial charge in [0.05, 0.1) is 5.56 Å². The number of rotatable bonds is 6. The molecule has 0 aliphatic heterocycles. The predicted octanol–water partition coefficient (Wildman–Crippen LogP) is 3.69. The number of esters is 1. The summed E-state index contributed by atoms with van der Waals surface area (Å²) in [5.74, 6) is -1.54. The van der Waals surface area contributed by atoms with Crippen LogP contribution >= 0.6 is 15.9 Å². The number of aromatic nitrogens is 1. The molecule has 0 saturated carbocycles. The number of alkyl halides is 1. The molecule has 21 heavy (non-hydrogen) atoms. The van der Waals surface area contributed by atoms with Gasteiger partial charge in [-0.25, -0.2) is 9.59 Å². The molecule has 0 spiro atoms. The Morgan fingerprint density at radius 3 is 2.38 bits per heavy atom. The van der Waals surface area contributed by atoms with E-state index in [1.165, 1.54) is 0 Å². The van der Waals surface area contributed by atoms with E-state index < -0.39 is 17.5 Å². The van der Waals surface area contributed by atoms with Crippen LogP contribution in [0, 0.1) is 6.92 Å². The minimum Gasteiger partial charge on any atom is -0.478 e. The highest BCUT2D eigenvalue weighted by atomic mass is 79.9. The van der Waals surface area contributed by atoms with Crippen LogP contribution in [0.3, 0.4) is 0 Å². The summed E-state index contributed by atoms with van der Waals surface area (Å²) in [6.45, 7) is 6.96. The summed E-state index contributed by atoms with van der Waals surface area (Å²) in [6.07, 6.45) is 2.38. The molecule has 0 saturated heterocycles. The highest BCUT2D eigenvalue weighted by Gasteiger charge is 2.26. The lowest BCUT2D eigenvalue weighted by atomic mass is 10.1. The van der Waals surface area contributed by atoms with Crippen molar-refractivity contribution in [1.82, 2.24) is 4.98 Å². The minimum absolute atomic E-state index is 0.186. The van der Waals surface area contributed by atoms with Gasteiger partial charge in [-0.05, 0) is 52.5 Å². The number of carboxylic acids is 1. The van der Waals surface area contributed by atoms with E-state index in [2.05, 4.69) is 20.9 Å². The van der Waals surface area contributed by atoms with Crippen LogP contribution < -0.4 is 0 Å². The van der Waals surface area contributed by atoms with Gasteiger partial charge in [0.2, 0.25) is 0 Å². The van der Waals surface area contributed by atoms with Gasteiger partial charge in [-0.15, -0.1) is 0 Å². The van der Waals surface area contributed by atoms with E-state index in [1.54, 1.807) is 27.7 Å². The fraction of sp³-hybridized carbons (Fsp3) is 0.600. The maximum absolute atomic E-state index is 12.1. The number of carbonyl (C=O) groups is 2. The van der Waals surface area contributed by atoms with E-state index in [-0.39, 0.29) is 11.3 Å². The summed E-state index contributed by atoms with van der Waals surface area (Å²) in [5, 5.41) is 10.2. The van der Waals surface area contributed by atoms with Crippen LogP contribution in [0.1, 0.15) is 65.7 Å². The van der Waals surface area contributed by atoms with E-state index in [9.17, 15) is 14.7 Å². The number of ether oxygens (including phenoxy) is 1. The largest absolute Gasteiger partial charge is 0.478 e. The smallest absolute Gasteiger partial charge is 0.355 e. The zero-order valence-corrected chi connectivity index (χ0v) is 14.5. The van der Waals surface area contributed by atoms with E-state index >= 15 is 0 Å². The van der Waals surface area contributed by atoms with Crippen LogP contribution in [0.2, 0.25) is 0 Å². The van der Waals surface area contributed by atoms with E-state index in [4.69, 9.17) is 4.74 Å². The third kappa shape index (κ3) is 4.88. The molecule has 1 rings (SSSR count). The molecule has 0 atom stereocenters. The maximum Gasteiger partial charge on any atom is 0.355 e. The number of aromatic amines is 1. The topological polar surface area (TPSA) is 79.4 Å². The first kappa shape index (κ1) is 17.8. The van der Waals surface area contributed by atoms with Gasteiger partial charge < -0.3 is 14.8 Å². The quantitative estimate of drug-likeness (QED) is 0.461. The Morgan fingerprint density at radius 2 is 1.90 bits per heavy atom. The Balaban J connectivity index is 3.08. The molecule has 0 bridgehead atoms. The molecule has 1 heterocycles. The second-order valence-electron chi connectivity index (χ2n) is 5.93. The molecule has 0 aromatic carbocycles. The molecule has 0 aliphatic rings. The molecule has 6 heteroatoms. The van der Waals surface area contributed by atoms with Crippen molar-refractivity contribution in [2.24, 2.45) is 0 Å². The first-order valence-electron chi connectivity index (χ1n) is 6.91. The number of hydrogen-bond donors (Lipinski definition) is 2. The third-order valence-corrected chi connectivity index (χ3v) is 3.52. The van der Waals surface area contributed by atoms with Crippen molar-refractivity contribution in [3.8, 4) is 0 Å². The van der Waals surface area contributed by atoms with Crippen molar-refractivity contribution in [1.29, 1.82) is 0 Å². The van der Waals surface area contributed by atoms with Crippen LogP contribution in [-0.4, -0.2) is 33.0 Å². The Bertz CT molecular complexity index is 529. The van der Waals surface area contributed by atoms with Crippen LogP contribution in [0.25, 0.3) is 0 Å². The minimum atomic E-state index is -1.02. The zero-order valence-electron chi connectivity index (χ0n) is 12.9. The summed E-state index contributed by atoms with van der Waals surface area (Å²) in [5.41, 5.74) is 0.822. The van der Waals surface area contributed by atoms with Gasteiger partial charge in [0.25, 0.3) is 0 Å². The number of H-pyrrole nitrogens is 1. The van der Waals surface area contributed by atoms with Crippen molar-refractivity contribution in [3.05, 3.63) is 22.5 Å². The molecule has 118 valence electrons. The summed E-state index contributed by atoms with van der Waals surface area (Å²) >= 11 is 3.35. The second-order valence-corrected chi connectivity index (χ2v) is 6.72. The van der Waals surface area contributed by atoms with Gasteiger partial charge in [-0.1, -0.05) is 15.9 Å². The van der Waals surface area contributed by atoms with Gasteiger partial charge in [0.15, 0.2) is 0 Å². The molecule has 5 nitrogen and oxygen atoms in total. The standard InChI is InChI=1S/C15H22BrNO4/c1-9-11(13(18)19)10(7-5-6-8-16)17-12(9)14(20)21-15(2,3)4/h17H,5-8H2,1-4H3,(H,18,19). The van der Waals surface area contributed by atoms with Gasteiger partial charge in [-0.3, -0.25) is 0 Å². The zero-order chi connectivity index (χ0) is 16.2. The van der Waals surface area contributed by atoms with E-state index in [1.807, 2.05) is 0 Å². The molecule has 0 amide bonds. The lowest BCUT2D eigenvalue weighted by Crippen LogP contribution is -2.24. The first-order chi connectivity index (χ1) is 9.67. The fourth-order valence-corrected chi connectivity index (χ4v) is 2.46. The molecule has 1 aromatic rings. The van der Waals surface area contributed by atoms with Crippen LogP contribution in [0.5, 0.6) is 0 Å². The lowest BCUT2D eigenvalue weighted by molar-refractivity contribution is 0.00626. The molecule has 1 aromatic heterocycles. The SMILES string of the molecule is Cc1c(C(=O)OC(C)(C)C)[nH]c(CCCCBr)c1C(=O)O. The van der Waals surface area contributed by atoms with Crippen LogP contribution in [-0.2, 0) is 11.2 Å². The molecule has 0 unspecified atom stereocenters. The van der Waals surface area contributed by atoms with Crippen LogP contribution in [0.4, 0.5) is 0 Å². The molecule has 0 aliphatic carbocycles. The fourth-order valence-electron chi connectivity index (χ4n) is 2.06. The number of carboxylic acid groups (broad SMARTS) is 1. The number of hydrogen-bond acceptors (Lipinski definition) is 3. The third-order valence-electron chi connectivity index (χ3n) is 2.95. The number of nitrogens with one attached hydrogen (secondary N) is 1. The number of carbonyl (C=O) groups excluding carboxylic acids is 1. The van der Waals surface area contributed by atoms with Gasteiger partial charge in [0.1, 0.15) is 11.3 Å². The van der Waals surface area contributed by atoms with Gasteiger partial charge >= 0.3 is 11.9 Å². The van der Waals surface area contributed by atoms with Crippen molar-refractivity contribution in [3.63, 3.8) is 0 Å². The Hall–Kier alpha value is -1.30. The highest BCUT2D eigenvalue weighted by molar-refractivity contribution is 9.09. The number of aromatic carboxylic acids is 1. The van der Waals surface area contributed by atoms with Crippen molar-refractivity contribution in [2.75, 3.05) is 5.33 Å². The van der Waals surface area contributed by atoms with Crippen molar-refractivity contribution in [2.45, 2.75) is 52.6 Å². The monoisotopic (exact) mass is 359 g/mol. The summed E-state index contributed by atoms with van der Waals surface area (Å²) < 4.78 is 5.31. The van der Waals surface area contributed by atoms with E-state index in [0.29, 0.717) is 17.7 Å². The second kappa shape index (κ2) is 7.11. The lowest BCUT2D eigenvalue weighted by Gasteiger charge is -2.19.